The van der Waals surface area contributed by atoms with E-state index in [0.717, 1.165) is 0 Å². The predicted octanol–water partition coefficient (Wildman–Crippen LogP) is 3.77. The normalized spacial score (nSPS) is 11.2. The van der Waals surface area contributed by atoms with E-state index in [1.165, 1.54) is 7.11 Å². The van der Waals surface area contributed by atoms with Crippen LogP contribution in [0.4, 0.5) is 5.69 Å². The molecular formula is C15H16ClNO3S. The summed E-state index contributed by atoms with van der Waals surface area (Å²) < 4.78 is 32.6. The Hall–Kier alpha value is -1.72. The Morgan fingerprint density at radius 2 is 1.81 bits per heavy atom. The summed E-state index contributed by atoms with van der Waals surface area (Å²) in [6.07, 6.45) is 0. The highest BCUT2D eigenvalue weighted by atomic mass is 35.5. The highest BCUT2D eigenvalue weighted by Gasteiger charge is 2.18. The van der Waals surface area contributed by atoms with Crippen molar-refractivity contribution in [1.82, 2.24) is 0 Å². The number of benzene rings is 2. The summed E-state index contributed by atoms with van der Waals surface area (Å²) >= 11 is 6.00. The topological polar surface area (TPSA) is 55.4 Å². The van der Waals surface area contributed by atoms with Crippen LogP contribution in [0.15, 0.2) is 41.3 Å². The van der Waals surface area contributed by atoms with Gasteiger partial charge in [-0.25, -0.2) is 8.42 Å². The van der Waals surface area contributed by atoms with Crippen molar-refractivity contribution < 1.29 is 13.2 Å². The molecule has 0 heterocycles. The van der Waals surface area contributed by atoms with Crippen LogP contribution in [0.2, 0.25) is 5.02 Å². The van der Waals surface area contributed by atoms with E-state index in [4.69, 9.17) is 16.3 Å². The number of anilines is 1. The summed E-state index contributed by atoms with van der Waals surface area (Å²) in [5, 5.41) is 0.549. The van der Waals surface area contributed by atoms with Gasteiger partial charge in [0.2, 0.25) is 0 Å². The molecule has 0 aliphatic carbocycles. The van der Waals surface area contributed by atoms with Crippen molar-refractivity contribution in [3.8, 4) is 5.75 Å². The lowest BCUT2D eigenvalue weighted by Gasteiger charge is -2.12. The lowest BCUT2D eigenvalue weighted by molar-refractivity contribution is 0.415. The molecule has 0 unspecified atom stereocenters. The van der Waals surface area contributed by atoms with E-state index in [1.54, 1.807) is 50.2 Å². The van der Waals surface area contributed by atoms with E-state index < -0.39 is 10.0 Å². The Labute approximate surface area is 129 Å². The Balaban J connectivity index is 2.40. The first-order chi connectivity index (χ1) is 9.83. The van der Waals surface area contributed by atoms with Crippen molar-refractivity contribution in [3.05, 3.63) is 52.5 Å². The molecule has 0 radical (unpaired) electrons. The predicted molar refractivity (Wildman–Crippen MR) is 84.7 cm³/mol. The molecule has 0 amide bonds. The number of methoxy groups -OCH3 is 1. The fraction of sp³-hybridized carbons (Fsp3) is 0.200. The number of aryl methyl sites for hydroxylation is 2. The largest absolute Gasteiger partial charge is 0.497 e. The van der Waals surface area contributed by atoms with Gasteiger partial charge in [0.05, 0.1) is 17.7 Å². The second kappa shape index (κ2) is 5.95. The van der Waals surface area contributed by atoms with E-state index in [9.17, 15) is 8.42 Å². The summed E-state index contributed by atoms with van der Waals surface area (Å²) in [4.78, 5) is 0.215. The van der Waals surface area contributed by atoms with Crippen molar-refractivity contribution >= 4 is 27.3 Å². The van der Waals surface area contributed by atoms with Crippen LogP contribution in [-0.2, 0) is 10.0 Å². The number of nitrogens with one attached hydrogen (secondary N) is 1. The molecule has 2 rings (SSSR count). The first-order valence-electron chi connectivity index (χ1n) is 6.27. The number of hydrogen-bond donors (Lipinski definition) is 1. The molecular weight excluding hydrogens is 310 g/mol. The van der Waals surface area contributed by atoms with Gasteiger partial charge in [-0.15, -0.1) is 0 Å². The number of halogens is 1. The van der Waals surface area contributed by atoms with E-state index >= 15 is 0 Å². The van der Waals surface area contributed by atoms with E-state index in [2.05, 4.69) is 4.72 Å². The van der Waals surface area contributed by atoms with Gasteiger partial charge in [-0.2, -0.15) is 0 Å². The first kappa shape index (κ1) is 15.7. The smallest absolute Gasteiger partial charge is 0.262 e. The number of hydrogen-bond acceptors (Lipinski definition) is 3. The van der Waals surface area contributed by atoms with Gasteiger partial charge in [0.15, 0.2) is 0 Å². The van der Waals surface area contributed by atoms with Crippen molar-refractivity contribution in [1.29, 1.82) is 0 Å². The zero-order valence-corrected chi connectivity index (χ0v) is 13.5. The second-order valence-corrected chi connectivity index (χ2v) is 6.76. The second-order valence-electron chi connectivity index (χ2n) is 4.70. The zero-order valence-electron chi connectivity index (χ0n) is 12.0. The molecule has 0 saturated carbocycles. The Bertz CT molecular complexity index is 772. The first-order valence-corrected chi connectivity index (χ1v) is 8.13. The van der Waals surface area contributed by atoms with Gasteiger partial charge in [0.25, 0.3) is 10.0 Å². The van der Waals surface area contributed by atoms with Gasteiger partial charge in [-0.3, -0.25) is 4.72 Å². The number of ether oxygens (including phenoxy) is 1. The maximum Gasteiger partial charge on any atom is 0.262 e. The third-order valence-electron chi connectivity index (χ3n) is 3.07. The van der Waals surface area contributed by atoms with E-state index in [1.807, 2.05) is 0 Å². The van der Waals surface area contributed by atoms with Gasteiger partial charge in [0, 0.05) is 11.1 Å². The molecule has 0 aromatic heterocycles. The molecule has 0 bridgehead atoms. The van der Waals surface area contributed by atoms with Crippen molar-refractivity contribution in [2.75, 3.05) is 11.8 Å². The van der Waals surface area contributed by atoms with Crippen molar-refractivity contribution in [2.45, 2.75) is 18.7 Å². The molecule has 112 valence electrons. The molecule has 0 aliphatic heterocycles. The van der Waals surface area contributed by atoms with Crippen LogP contribution in [-0.4, -0.2) is 15.5 Å². The molecule has 4 nitrogen and oxygen atoms in total. The summed E-state index contributed by atoms with van der Waals surface area (Å²) in [5.74, 6) is 0.583. The number of sulfonamides is 1. The molecule has 0 fully saturated rings. The van der Waals surface area contributed by atoms with Gasteiger partial charge in [-0.1, -0.05) is 17.7 Å². The monoisotopic (exact) mass is 325 g/mol. The summed E-state index contributed by atoms with van der Waals surface area (Å²) in [6, 6.07) is 9.97. The fourth-order valence-corrected chi connectivity index (χ4v) is 3.52. The molecule has 1 N–H and O–H groups in total. The highest BCUT2D eigenvalue weighted by molar-refractivity contribution is 7.92. The average Bonchev–Trinajstić information content (AvgIpc) is 2.42. The minimum absolute atomic E-state index is 0.215. The molecule has 2 aromatic carbocycles. The maximum atomic E-state index is 12.5. The molecule has 6 heteroatoms. The highest BCUT2D eigenvalue weighted by Crippen LogP contribution is 2.26. The van der Waals surface area contributed by atoms with Crippen LogP contribution < -0.4 is 9.46 Å². The Morgan fingerprint density at radius 1 is 1.10 bits per heavy atom. The van der Waals surface area contributed by atoms with Crippen LogP contribution in [0, 0.1) is 13.8 Å². The van der Waals surface area contributed by atoms with Gasteiger partial charge >= 0.3 is 0 Å². The third-order valence-corrected chi connectivity index (χ3v) is 5.00. The van der Waals surface area contributed by atoms with Crippen LogP contribution in [0.1, 0.15) is 11.1 Å². The Morgan fingerprint density at radius 3 is 2.48 bits per heavy atom. The Kier molecular flexibility index (Phi) is 4.44. The van der Waals surface area contributed by atoms with E-state index in [0.29, 0.717) is 27.6 Å². The van der Waals surface area contributed by atoms with Crippen molar-refractivity contribution in [2.24, 2.45) is 0 Å². The summed E-state index contributed by atoms with van der Waals surface area (Å²) in [5.41, 5.74) is 1.76. The summed E-state index contributed by atoms with van der Waals surface area (Å²) in [6.45, 7) is 3.48. The SMILES string of the molecule is COc1cccc(NS(=O)(=O)c2cc(C)c(Cl)cc2C)c1. The molecule has 0 spiro atoms. The maximum absolute atomic E-state index is 12.5. The zero-order chi connectivity index (χ0) is 15.6. The minimum Gasteiger partial charge on any atom is -0.497 e. The van der Waals surface area contributed by atoms with Gasteiger partial charge in [0.1, 0.15) is 5.75 Å². The third kappa shape index (κ3) is 3.49. The standard InChI is InChI=1S/C15H16ClNO3S/c1-10-8-15(11(2)7-14(10)16)21(18,19)17-12-5-4-6-13(9-12)20-3/h4-9,17H,1-3H3. The minimum atomic E-state index is -3.67. The van der Waals surface area contributed by atoms with Crippen LogP contribution in [0.3, 0.4) is 0 Å². The molecule has 21 heavy (non-hydrogen) atoms. The molecule has 2 aromatic rings. The van der Waals surface area contributed by atoms with Crippen molar-refractivity contribution in [3.63, 3.8) is 0 Å². The molecule has 0 saturated heterocycles. The van der Waals surface area contributed by atoms with Gasteiger partial charge in [-0.05, 0) is 49.2 Å². The summed E-state index contributed by atoms with van der Waals surface area (Å²) in [7, 11) is -2.14. The molecule has 0 atom stereocenters. The van der Waals surface area contributed by atoms with E-state index in [-0.39, 0.29) is 4.90 Å². The average molecular weight is 326 g/mol. The quantitative estimate of drug-likeness (QED) is 0.931. The van der Waals surface area contributed by atoms with Crippen LogP contribution in [0.25, 0.3) is 0 Å². The van der Waals surface area contributed by atoms with Gasteiger partial charge < -0.3 is 4.74 Å². The fourth-order valence-electron chi connectivity index (χ4n) is 1.94. The van der Waals surface area contributed by atoms with Crippen LogP contribution >= 0.6 is 11.6 Å². The lowest BCUT2D eigenvalue weighted by atomic mass is 10.2. The van der Waals surface area contributed by atoms with Crippen LogP contribution in [0.5, 0.6) is 5.75 Å². The number of rotatable bonds is 4. The molecule has 0 aliphatic rings. The lowest BCUT2D eigenvalue weighted by Crippen LogP contribution is -2.14.